The SMILES string of the molecule is O=C(Cc1csc(-c2ccncc2)n1)NCc1ccc(Cl)cc1. The molecule has 2 aromatic heterocycles. The van der Waals surface area contributed by atoms with Crippen LogP contribution in [-0.2, 0) is 17.8 Å². The largest absolute Gasteiger partial charge is 0.352 e. The molecule has 0 spiro atoms. The minimum absolute atomic E-state index is 0.0495. The Bertz CT molecular complexity index is 787. The number of halogens is 1. The van der Waals surface area contributed by atoms with E-state index in [1.807, 2.05) is 41.8 Å². The fourth-order valence-electron chi connectivity index (χ4n) is 2.05. The monoisotopic (exact) mass is 343 g/mol. The van der Waals surface area contributed by atoms with Crippen LogP contribution in [0.5, 0.6) is 0 Å². The molecule has 1 aromatic carbocycles. The van der Waals surface area contributed by atoms with Gasteiger partial charge < -0.3 is 5.32 Å². The Kier molecular flexibility index (Phi) is 5.00. The van der Waals surface area contributed by atoms with Crippen molar-refractivity contribution >= 4 is 28.8 Å². The van der Waals surface area contributed by atoms with Gasteiger partial charge in [-0.15, -0.1) is 11.3 Å². The van der Waals surface area contributed by atoms with E-state index in [0.717, 1.165) is 21.8 Å². The Morgan fingerprint density at radius 3 is 2.61 bits per heavy atom. The van der Waals surface area contributed by atoms with Gasteiger partial charge in [0.1, 0.15) is 5.01 Å². The third kappa shape index (κ3) is 4.37. The van der Waals surface area contributed by atoms with E-state index >= 15 is 0 Å². The van der Waals surface area contributed by atoms with Gasteiger partial charge in [-0.25, -0.2) is 4.98 Å². The fraction of sp³-hybridized carbons (Fsp3) is 0.118. The van der Waals surface area contributed by atoms with Gasteiger partial charge in [0.15, 0.2) is 0 Å². The number of rotatable bonds is 5. The molecule has 0 bridgehead atoms. The van der Waals surface area contributed by atoms with Crippen molar-refractivity contribution in [3.63, 3.8) is 0 Å². The molecule has 2 heterocycles. The maximum absolute atomic E-state index is 12.0. The molecular formula is C17H14ClN3OS. The van der Waals surface area contributed by atoms with Gasteiger partial charge in [-0.2, -0.15) is 0 Å². The molecule has 4 nitrogen and oxygen atoms in total. The average Bonchev–Trinajstić information content (AvgIpc) is 3.04. The molecule has 116 valence electrons. The van der Waals surface area contributed by atoms with Gasteiger partial charge in [0.25, 0.3) is 0 Å². The minimum atomic E-state index is -0.0495. The van der Waals surface area contributed by atoms with Crippen molar-refractivity contribution in [1.29, 1.82) is 0 Å². The lowest BCUT2D eigenvalue weighted by molar-refractivity contribution is -0.120. The van der Waals surface area contributed by atoms with Gasteiger partial charge in [-0.3, -0.25) is 9.78 Å². The number of carbonyl (C=O) groups excluding carboxylic acids is 1. The number of hydrogen-bond acceptors (Lipinski definition) is 4. The van der Waals surface area contributed by atoms with Crippen LogP contribution in [-0.4, -0.2) is 15.9 Å². The Morgan fingerprint density at radius 2 is 1.87 bits per heavy atom. The van der Waals surface area contributed by atoms with E-state index in [-0.39, 0.29) is 12.3 Å². The molecule has 0 aliphatic carbocycles. The van der Waals surface area contributed by atoms with Gasteiger partial charge >= 0.3 is 0 Å². The molecule has 0 unspecified atom stereocenters. The first-order valence-corrected chi connectivity index (χ1v) is 8.32. The zero-order valence-corrected chi connectivity index (χ0v) is 13.8. The van der Waals surface area contributed by atoms with Gasteiger partial charge in [-0.05, 0) is 29.8 Å². The van der Waals surface area contributed by atoms with E-state index in [1.54, 1.807) is 12.4 Å². The summed E-state index contributed by atoms with van der Waals surface area (Å²) in [6, 6.07) is 11.2. The highest BCUT2D eigenvalue weighted by atomic mass is 35.5. The number of hydrogen-bond donors (Lipinski definition) is 1. The summed E-state index contributed by atoms with van der Waals surface area (Å²) >= 11 is 7.36. The van der Waals surface area contributed by atoms with Crippen LogP contribution in [0.3, 0.4) is 0 Å². The highest BCUT2D eigenvalue weighted by Crippen LogP contribution is 2.22. The molecule has 1 N–H and O–H groups in total. The van der Waals surface area contributed by atoms with Gasteiger partial charge in [0.05, 0.1) is 12.1 Å². The number of nitrogens with zero attached hydrogens (tertiary/aromatic N) is 2. The molecule has 0 radical (unpaired) electrons. The summed E-state index contributed by atoms with van der Waals surface area (Å²) in [6.45, 7) is 0.483. The van der Waals surface area contributed by atoms with E-state index in [0.29, 0.717) is 11.6 Å². The predicted octanol–water partition coefficient (Wildman–Crippen LogP) is 3.72. The maximum atomic E-state index is 12.0. The van der Waals surface area contributed by atoms with Gasteiger partial charge in [-0.1, -0.05) is 23.7 Å². The molecule has 0 saturated carbocycles. The molecule has 6 heteroatoms. The predicted molar refractivity (Wildman–Crippen MR) is 92.3 cm³/mol. The normalized spacial score (nSPS) is 10.5. The number of amides is 1. The molecule has 23 heavy (non-hydrogen) atoms. The summed E-state index contributed by atoms with van der Waals surface area (Å²) in [5.74, 6) is -0.0495. The zero-order valence-electron chi connectivity index (χ0n) is 12.2. The van der Waals surface area contributed by atoms with Crippen LogP contribution in [0.25, 0.3) is 10.6 Å². The first-order chi connectivity index (χ1) is 11.2. The molecule has 3 aromatic rings. The topological polar surface area (TPSA) is 54.9 Å². The summed E-state index contributed by atoms with van der Waals surface area (Å²) in [7, 11) is 0. The van der Waals surface area contributed by atoms with Gasteiger partial charge in [0, 0.05) is 34.9 Å². The maximum Gasteiger partial charge on any atom is 0.226 e. The molecule has 0 atom stereocenters. The standard InChI is InChI=1S/C17H14ClN3OS/c18-14-3-1-12(2-4-14)10-20-16(22)9-15-11-23-17(21-15)13-5-7-19-8-6-13/h1-8,11H,9-10H2,(H,20,22). The van der Waals surface area contributed by atoms with Crippen molar-refractivity contribution in [2.24, 2.45) is 0 Å². The van der Waals surface area contributed by atoms with Crippen molar-refractivity contribution < 1.29 is 4.79 Å². The Labute approximate surface area is 143 Å². The summed E-state index contributed by atoms with van der Waals surface area (Å²) in [5.41, 5.74) is 2.80. The fourth-order valence-corrected chi connectivity index (χ4v) is 3.00. The third-order valence-corrected chi connectivity index (χ3v) is 4.42. The quantitative estimate of drug-likeness (QED) is 0.768. The Balaban J connectivity index is 1.56. The molecule has 0 saturated heterocycles. The number of nitrogens with one attached hydrogen (secondary N) is 1. The summed E-state index contributed by atoms with van der Waals surface area (Å²) in [6.07, 6.45) is 3.74. The molecule has 1 amide bonds. The van der Waals surface area contributed by atoms with Crippen molar-refractivity contribution in [1.82, 2.24) is 15.3 Å². The van der Waals surface area contributed by atoms with E-state index in [4.69, 9.17) is 11.6 Å². The van der Waals surface area contributed by atoms with E-state index in [1.165, 1.54) is 11.3 Å². The Hall–Kier alpha value is -2.24. The highest BCUT2D eigenvalue weighted by molar-refractivity contribution is 7.13. The summed E-state index contributed by atoms with van der Waals surface area (Å²) in [4.78, 5) is 20.5. The highest BCUT2D eigenvalue weighted by Gasteiger charge is 2.09. The zero-order chi connectivity index (χ0) is 16.1. The third-order valence-electron chi connectivity index (χ3n) is 3.22. The number of benzene rings is 1. The number of pyridine rings is 1. The van der Waals surface area contributed by atoms with Crippen molar-refractivity contribution in [3.05, 3.63) is 70.5 Å². The lowest BCUT2D eigenvalue weighted by Crippen LogP contribution is -2.24. The van der Waals surface area contributed by atoms with Crippen LogP contribution >= 0.6 is 22.9 Å². The molecular weight excluding hydrogens is 330 g/mol. The van der Waals surface area contributed by atoms with Crippen molar-refractivity contribution in [3.8, 4) is 10.6 Å². The van der Waals surface area contributed by atoms with Crippen LogP contribution < -0.4 is 5.32 Å². The van der Waals surface area contributed by atoms with Gasteiger partial charge in [0.2, 0.25) is 5.91 Å². The first-order valence-electron chi connectivity index (χ1n) is 7.06. The van der Waals surface area contributed by atoms with E-state index in [9.17, 15) is 4.79 Å². The summed E-state index contributed by atoms with van der Waals surface area (Å²) < 4.78 is 0. The first kappa shape index (κ1) is 15.6. The summed E-state index contributed by atoms with van der Waals surface area (Å²) in [5, 5.41) is 6.39. The molecule has 3 rings (SSSR count). The van der Waals surface area contributed by atoms with Crippen molar-refractivity contribution in [2.45, 2.75) is 13.0 Å². The lowest BCUT2D eigenvalue weighted by atomic mass is 10.2. The number of carbonyl (C=O) groups is 1. The van der Waals surface area contributed by atoms with E-state index < -0.39 is 0 Å². The van der Waals surface area contributed by atoms with Crippen molar-refractivity contribution in [2.75, 3.05) is 0 Å². The minimum Gasteiger partial charge on any atom is -0.352 e. The molecule has 0 aliphatic heterocycles. The molecule has 0 aliphatic rings. The Morgan fingerprint density at radius 1 is 1.13 bits per heavy atom. The second-order valence-electron chi connectivity index (χ2n) is 4.96. The number of aromatic nitrogens is 2. The van der Waals surface area contributed by atoms with E-state index in [2.05, 4.69) is 15.3 Å². The second kappa shape index (κ2) is 7.35. The van der Waals surface area contributed by atoms with Crippen LogP contribution in [0.15, 0.2) is 54.2 Å². The van der Waals surface area contributed by atoms with Crippen LogP contribution in [0.1, 0.15) is 11.3 Å². The van der Waals surface area contributed by atoms with Crippen LogP contribution in [0, 0.1) is 0 Å². The van der Waals surface area contributed by atoms with Crippen LogP contribution in [0.4, 0.5) is 0 Å². The molecule has 0 fully saturated rings. The smallest absolute Gasteiger partial charge is 0.226 e. The number of thiazole rings is 1. The van der Waals surface area contributed by atoms with Crippen LogP contribution in [0.2, 0.25) is 5.02 Å². The lowest BCUT2D eigenvalue weighted by Gasteiger charge is -2.04. The second-order valence-corrected chi connectivity index (χ2v) is 6.25. The average molecular weight is 344 g/mol.